The molecule has 14 heavy (non-hydrogen) atoms. The van der Waals surface area contributed by atoms with Crippen LogP contribution in [0.5, 0.6) is 0 Å². The van der Waals surface area contributed by atoms with Crippen molar-refractivity contribution in [2.24, 2.45) is 0 Å². The lowest BCUT2D eigenvalue weighted by Gasteiger charge is -2.08. The van der Waals surface area contributed by atoms with E-state index in [0.717, 1.165) is 9.13 Å². The van der Waals surface area contributed by atoms with Crippen molar-refractivity contribution < 1.29 is 9.53 Å². The minimum atomic E-state index is -0.329. The molecule has 1 aliphatic heterocycles. The number of benzene rings is 1. The standard InChI is InChI=1S/C9H8INO2.ClH/c10-7-4-2-1-3-6(7)8-5-13-9(12)11-8;/h1-4,8H,5H2,(H,11,12);1H/t8-;/m0./s1. The summed E-state index contributed by atoms with van der Waals surface area (Å²) >= 11 is 2.25. The molecule has 0 aliphatic carbocycles. The fourth-order valence-corrected chi connectivity index (χ4v) is 2.07. The number of rotatable bonds is 1. The third kappa shape index (κ3) is 2.30. The molecule has 76 valence electrons. The molecule has 1 aliphatic rings. The Balaban J connectivity index is 0.000000980. The summed E-state index contributed by atoms with van der Waals surface area (Å²) in [5.74, 6) is 0. The van der Waals surface area contributed by atoms with Gasteiger partial charge in [-0.15, -0.1) is 12.4 Å². The van der Waals surface area contributed by atoms with Crippen molar-refractivity contribution in [3.8, 4) is 0 Å². The molecule has 1 heterocycles. The molecule has 0 unspecified atom stereocenters. The first kappa shape index (κ1) is 11.6. The van der Waals surface area contributed by atoms with Gasteiger partial charge in [0.25, 0.3) is 0 Å². The van der Waals surface area contributed by atoms with Gasteiger partial charge in [-0.1, -0.05) is 18.2 Å². The van der Waals surface area contributed by atoms with Crippen LogP contribution in [0.15, 0.2) is 24.3 Å². The van der Waals surface area contributed by atoms with Gasteiger partial charge < -0.3 is 10.1 Å². The summed E-state index contributed by atoms with van der Waals surface area (Å²) in [5.41, 5.74) is 1.12. The summed E-state index contributed by atoms with van der Waals surface area (Å²) in [6.07, 6.45) is -0.329. The quantitative estimate of drug-likeness (QED) is 0.806. The highest BCUT2D eigenvalue weighted by Gasteiger charge is 2.24. The van der Waals surface area contributed by atoms with E-state index in [1.807, 2.05) is 24.3 Å². The molecule has 1 aromatic carbocycles. The molecule has 1 fully saturated rings. The number of alkyl carbamates (subject to hydrolysis) is 1. The fourth-order valence-electron chi connectivity index (χ4n) is 1.31. The summed E-state index contributed by atoms with van der Waals surface area (Å²) in [6, 6.07) is 7.97. The zero-order chi connectivity index (χ0) is 9.26. The van der Waals surface area contributed by atoms with Crippen molar-refractivity contribution >= 4 is 41.1 Å². The monoisotopic (exact) mass is 325 g/mol. The minimum absolute atomic E-state index is 0. The average molecular weight is 326 g/mol. The van der Waals surface area contributed by atoms with Gasteiger partial charge in [0, 0.05) is 3.57 Å². The number of amides is 1. The molecule has 0 radical (unpaired) electrons. The van der Waals surface area contributed by atoms with Gasteiger partial charge in [-0.2, -0.15) is 0 Å². The fraction of sp³-hybridized carbons (Fsp3) is 0.222. The zero-order valence-electron chi connectivity index (χ0n) is 7.20. The Bertz CT molecular complexity index is 345. The van der Waals surface area contributed by atoms with E-state index >= 15 is 0 Å². The van der Waals surface area contributed by atoms with Gasteiger partial charge in [0.15, 0.2) is 0 Å². The van der Waals surface area contributed by atoms with Crippen molar-refractivity contribution in [3.05, 3.63) is 33.4 Å². The van der Waals surface area contributed by atoms with E-state index in [2.05, 4.69) is 27.9 Å². The van der Waals surface area contributed by atoms with Gasteiger partial charge >= 0.3 is 6.09 Å². The highest BCUT2D eigenvalue weighted by atomic mass is 127. The first-order valence-corrected chi connectivity index (χ1v) is 5.03. The number of cyclic esters (lactones) is 1. The maximum absolute atomic E-state index is 10.8. The zero-order valence-corrected chi connectivity index (χ0v) is 10.2. The van der Waals surface area contributed by atoms with Crippen molar-refractivity contribution in [2.45, 2.75) is 6.04 Å². The van der Waals surface area contributed by atoms with Crippen LogP contribution in [0.2, 0.25) is 0 Å². The molecule has 0 saturated carbocycles. The third-order valence-corrected chi connectivity index (χ3v) is 2.94. The Morgan fingerprint density at radius 3 is 2.71 bits per heavy atom. The lowest BCUT2D eigenvalue weighted by Crippen LogP contribution is -2.18. The van der Waals surface area contributed by atoms with Crippen molar-refractivity contribution in [1.29, 1.82) is 0 Å². The van der Waals surface area contributed by atoms with Crippen LogP contribution in [0.25, 0.3) is 0 Å². The van der Waals surface area contributed by atoms with Crippen LogP contribution in [0.4, 0.5) is 4.79 Å². The lowest BCUT2D eigenvalue weighted by molar-refractivity contribution is 0.177. The van der Waals surface area contributed by atoms with Gasteiger partial charge in [-0.05, 0) is 34.2 Å². The van der Waals surface area contributed by atoms with Crippen LogP contribution in [0, 0.1) is 3.57 Å². The number of ether oxygens (including phenoxy) is 1. The molecule has 1 amide bonds. The van der Waals surface area contributed by atoms with Gasteiger partial charge in [0.2, 0.25) is 0 Å². The molecule has 1 aromatic rings. The highest BCUT2D eigenvalue weighted by molar-refractivity contribution is 14.1. The predicted molar refractivity (Wildman–Crippen MR) is 63.6 cm³/mol. The predicted octanol–water partition coefficient (Wildman–Crippen LogP) is 2.49. The van der Waals surface area contributed by atoms with E-state index in [0.29, 0.717) is 6.61 Å². The largest absolute Gasteiger partial charge is 0.447 e. The molecule has 1 atom stereocenters. The van der Waals surface area contributed by atoms with E-state index in [1.54, 1.807) is 0 Å². The van der Waals surface area contributed by atoms with Crippen LogP contribution >= 0.6 is 35.0 Å². The van der Waals surface area contributed by atoms with E-state index in [1.165, 1.54) is 0 Å². The van der Waals surface area contributed by atoms with E-state index in [9.17, 15) is 4.79 Å². The topological polar surface area (TPSA) is 38.3 Å². The molecule has 1 saturated heterocycles. The second kappa shape index (κ2) is 4.84. The number of nitrogens with one attached hydrogen (secondary N) is 1. The Labute approximate surface area is 102 Å². The molecule has 2 rings (SSSR count). The van der Waals surface area contributed by atoms with Gasteiger partial charge in [-0.25, -0.2) is 4.79 Å². The number of hydrogen-bond donors (Lipinski definition) is 1. The van der Waals surface area contributed by atoms with Gasteiger partial charge in [0.05, 0.1) is 6.04 Å². The van der Waals surface area contributed by atoms with Gasteiger partial charge in [0.1, 0.15) is 6.61 Å². The van der Waals surface area contributed by atoms with Crippen molar-refractivity contribution in [3.63, 3.8) is 0 Å². The maximum Gasteiger partial charge on any atom is 0.407 e. The third-order valence-electron chi connectivity index (χ3n) is 1.95. The normalized spacial score (nSPS) is 19.5. The first-order valence-electron chi connectivity index (χ1n) is 3.95. The Hall–Kier alpha value is -0.490. The molecular weight excluding hydrogens is 316 g/mol. The Kier molecular flexibility index (Phi) is 4.00. The number of carbonyl (C=O) groups is 1. The van der Waals surface area contributed by atoms with Crippen LogP contribution in [-0.4, -0.2) is 12.7 Å². The van der Waals surface area contributed by atoms with Crippen LogP contribution in [0.3, 0.4) is 0 Å². The van der Waals surface area contributed by atoms with Crippen LogP contribution in [0.1, 0.15) is 11.6 Å². The first-order chi connectivity index (χ1) is 6.27. The Morgan fingerprint density at radius 1 is 1.43 bits per heavy atom. The Morgan fingerprint density at radius 2 is 2.14 bits per heavy atom. The van der Waals surface area contributed by atoms with Crippen LogP contribution < -0.4 is 5.32 Å². The van der Waals surface area contributed by atoms with E-state index in [-0.39, 0.29) is 24.5 Å². The molecule has 0 bridgehead atoms. The maximum atomic E-state index is 10.8. The highest BCUT2D eigenvalue weighted by Crippen LogP contribution is 2.22. The number of hydrogen-bond acceptors (Lipinski definition) is 2. The van der Waals surface area contributed by atoms with Crippen molar-refractivity contribution in [2.75, 3.05) is 6.61 Å². The number of carbonyl (C=O) groups excluding carboxylic acids is 1. The summed E-state index contributed by atoms with van der Waals surface area (Å²) in [4.78, 5) is 10.8. The molecule has 0 aromatic heterocycles. The molecular formula is C9H9ClINO2. The van der Waals surface area contributed by atoms with E-state index in [4.69, 9.17) is 4.74 Å². The van der Waals surface area contributed by atoms with E-state index < -0.39 is 0 Å². The second-order valence-electron chi connectivity index (χ2n) is 2.82. The van der Waals surface area contributed by atoms with Crippen molar-refractivity contribution in [1.82, 2.24) is 5.32 Å². The molecule has 0 spiro atoms. The summed E-state index contributed by atoms with van der Waals surface area (Å²) in [5, 5.41) is 2.75. The summed E-state index contributed by atoms with van der Waals surface area (Å²) in [7, 11) is 0. The molecule has 3 nitrogen and oxygen atoms in total. The summed E-state index contributed by atoms with van der Waals surface area (Å²) in [6.45, 7) is 0.429. The smallest absolute Gasteiger partial charge is 0.407 e. The minimum Gasteiger partial charge on any atom is -0.447 e. The SMILES string of the molecule is Cl.O=C1N[C@H](c2ccccc2I)CO1. The summed E-state index contributed by atoms with van der Waals surface area (Å²) < 4.78 is 5.97. The van der Waals surface area contributed by atoms with Gasteiger partial charge in [-0.3, -0.25) is 0 Å². The lowest BCUT2D eigenvalue weighted by atomic mass is 10.1. The molecule has 5 heteroatoms. The number of halogens is 2. The second-order valence-corrected chi connectivity index (χ2v) is 3.98. The molecule has 1 N–H and O–H groups in total. The average Bonchev–Trinajstić information content (AvgIpc) is 2.53. The van der Waals surface area contributed by atoms with Crippen LogP contribution in [-0.2, 0) is 4.74 Å².